The molecule has 10 aromatic rings. The van der Waals surface area contributed by atoms with Crippen LogP contribution in [0, 0.1) is 50.4 Å². The van der Waals surface area contributed by atoms with Crippen molar-refractivity contribution < 1.29 is 0 Å². The Kier molecular flexibility index (Phi) is 8.11. The van der Waals surface area contributed by atoms with Crippen molar-refractivity contribution in [3.8, 4) is 56.9 Å². The normalized spacial score (nSPS) is 11.4. The van der Waals surface area contributed by atoms with Crippen molar-refractivity contribution in [1.82, 2.24) is 9.13 Å². The summed E-state index contributed by atoms with van der Waals surface area (Å²) in [6, 6.07) is 60.5. The lowest BCUT2D eigenvalue weighted by atomic mass is 9.96. The average molecular weight is 743 g/mol. The van der Waals surface area contributed by atoms with E-state index >= 15 is 0 Å². The quantitative estimate of drug-likeness (QED) is 0.176. The molecule has 2 heterocycles. The number of rotatable bonds is 5. The van der Waals surface area contributed by atoms with Gasteiger partial charge in [0.25, 0.3) is 0 Å². The Hall–Kier alpha value is -7.66. The van der Waals surface area contributed by atoms with Crippen LogP contribution in [0.4, 0.5) is 0 Å². The van der Waals surface area contributed by atoms with E-state index in [0.29, 0.717) is 11.1 Å². The number of hydrogen-bond donors (Lipinski definition) is 0. The predicted octanol–water partition coefficient (Wildman–Crippen LogP) is 13.9. The summed E-state index contributed by atoms with van der Waals surface area (Å²) < 4.78 is 4.55. The minimum absolute atomic E-state index is 0.541. The molecular weight excluding hydrogens is 705 g/mol. The molecule has 0 aliphatic heterocycles. The summed E-state index contributed by atoms with van der Waals surface area (Å²) in [6.07, 6.45) is 0. The fourth-order valence-electron chi connectivity index (χ4n) is 9.15. The lowest BCUT2D eigenvalue weighted by Gasteiger charge is -2.20. The first kappa shape index (κ1) is 34.8. The van der Waals surface area contributed by atoms with Crippen LogP contribution in [-0.4, -0.2) is 9.13 Å². The molecule has 0 spiro atoms. The Labute approximate surface area is 337 Å². The third kappa shape index (κ3) is 5.42. The predicted molar refractivity (Wildman–Crippen MR) is 240 cm³/mol. The first-order valence-corrected chi connectivity index (χ1v) is 19.6. The van der Waals surface area contributed by atoms with Crippen LogP contribution in [0.15, 0.2) is 158 Å². The van der Waals surface area contributed by atoms with Crippen LogP contribution in [0.5, 0.6) is 0 Å². The first-order valence-electron chi connectivity index (χ1n) is 19.6. The third-order valence-corrected chi connectivity index (χ3v) is 11.8. The molecule has 0 amide bonds. The molecule has 0 bridgehead atoms. The van der Waals surface area contributed by atoms with Crippen LogP contribution in [0.3, 0.4) is 0 Å². The van der Waals surface area contributed by atoms with Gasteiger partial charge in [-0.1, -0.05) is 126 Å². The molecule has 0 unspecified atom stereocenters. The van der Waals surface area contributed by atoms with Crippen molar-refractivity contribution in [1.29, 1.82) is 10.5 Å². The number of nitrogens with zero attached hydrogens (tertiary/aromatic N) is 4. The summed E-state index contributed by atoms with van der Waals surface area (Å²) in [7, 11) is 0. The number of para-hydroxylation sites is 2. The summed E-state index contributed by atoms with van der Waals surface area (Å²) >= 11 is 0. The van der Waals surface area contributed by atoms with E-state index in [9.17, 15) is 10.5 Å². The van der Waals surface area contributed by atoms with E-state index in [2.05, 4.69) is 182 Å². The fraction of sp³-hybridized carbons (Fsp3) is 0.0741. The highest BCUT2D eigenvalue weighted by molar-refractivity contribution is 6.12. The van der Waals surface area contributed by atoms with Crippen molar-refractivity contribution >= 4 is 43.6 Å². The van der Waals surface area contributed by atoms with Gasteiger partial charge in [-0.15, -0.1) is 0 Å². The van der Waals surface area contributed by atoms with Gasteiger partial charge in [0, 0.05) is 27.1 Å². The van der Waals surface area contributed by atoms with Crippen LogP contribution in [0.25, 0.3) is 88.4 Å². The molecule has 2 aromatic heterocycles. The molecule has 0 atom stereocenters. The highest BCUT2D eigenvalue weighted by atomic mass is 15.0. The number of aryl methyl sites for hydroxylation is 4. The molecule has 10 rings (SSSR count). The summed E-state index contributed by atoms with van der Waals surface area (Å²) in [6.45, 7) is 8.58. The lowest BCUT2D eigenvalue weighted by Crippen LogP contribution is -2.06. The zero-order valence-corrected chi connectivity index (χ0v) is 32.8. The van der Waals surface area contributed by atoms with Gasteiger partial charge in [-0.2, -0.15) is 10.5 Å². The number of fused-ring (bicyclic) bond motifs is 6. The molecule has 0 aliphatic carbocycles. The lowest BCUT2D eigenvalue weighted by molar-refractivity contribution is 1.12. The van der Waals surface area contributed by atoms with Gasteiger partial charge in [0.2, 0.25) is 0 Å². The van der Waals surface area contributed by atoms with Gasteiger partial charge in [-0.05, 0) is 109 Å². The molecule has 0 aliphatic rings. The third-order valence-electron chi connectivity index (χ3n) is 11.8. The minimum atomic E-state index is 0.541. The maximum Gasteiger partial charge on any atom is 0.104 e. The Balaban J connectivity index is 1.34. The maximum atomic E-state index is 11.6. The second kappa shape index (κ2) is 13.5. The Morgan fingerprint density at radius 3 is 1.48 bits per heavy atom. The van der Waals surface area contributed by atoms with Gasteiger partial charge in [0.15, 0.2) is 0 Å². The van der Waals surface area contributed by atoms with Gasteiger partial charge in [0.05, 0.1) is 45.1 Å². The van der Waals surface area contributed by atoms with E-state index in [1.54, 1.807) is 0 Å². The molecule has 4 nitrogen and oxygen atoms in total. The minimum Gasteiger partial charge on any atom is -0.308 e. The van der Waals surface area contributed by atoms with Gasteiger partial charge in [-0.25, -0.2) is 0 Å². The van der Waals surface area contributed by atoms with Gasteiger partial charge in [0.1, 0.15) is 11.6 Å². The molecule has 58 heavy (non-hydrogen) atoms. The Bertz CT molecular complexity index is 3410. The molecule has 8 aromatic carbocycles. The van der Waals surface area contributed by atoms with Crippen molar-refractivity contribution in [3.05, 3.63) is 191 Å². The molecule has 4 heteroatoms. The van der Waals surface area contributed by atoms with Crippen LogP contribution < -0.4 is 0 Å². The molecule has 0 N–H and O–H groups in total. The monoisotopic (exact) mass is 742 g/mol. The van der Waals surface area contributed by atoms with E-state index in [4.69, 9.17) is 0 Å². The molecule has 0 radical (unpaired) electrons. The van der Waals surface area contributed by atoms with Gasteiger partial charge >= 0.3 is 0 Å². The van der Waals surface area contributed by atoms with E-state index < -0.39 is 0 Å². The standard InChI is InChI=1S/C54H38N4/c1-33-16-20-41(35(3)26-33)39-18-22-46-44-12-5-7-14-49(44)57(52(46)29-39)51-25-24-43(38-11-9-10-37(28-38)31-55)54(48(51)32-56)58-50-15-8-6-13-45(50)47-23-19-40(30-53(47)58)42-21-17-34(2)27-36(42)4/h5-30H,1-4H3. The number of benzene rings is 8. The topological polar surface area (TPSA) is 57.4 Å². The first-order chi connectivity index (χ1) is 28.3. The van der Waals surface area contributed by atoms with Crippen molar-refractivity contribution in [3.63, 3.8) is 0 Å². The van der Waals surface area contributed by atoms with Crippen molar-refractivity contribution in [2.45, 2.75) is 27.7 Å². The van der Waals surface area contributed by atoms with E-state index in [1.165, 1.54) is 33.4 Å². The van der Waals surface area contributed by atoms with Crippen molar-refractivity contribution in [2.24, 2.45) is 0 Å². The molecule has 274 valence electrons. The highest BCUT2D eigenvalue weighted by Gasteiger charge is 2.25. The number of nitriles is 2. The van der Waals surface area contributed by atoms with E-state index in [1.807, 2.05) is 24.3 Å². The SMILES string of the molecule is Cc1ccc(-c2ccc3c4ccccc4n(-c4ccc(-c5cccc(C#N)c5)c(-n5c6ccccc6c6ccc(-c7ccc(C)cc7C)cc65)c4C#N)c3c2)c(C)c1. The van der Waals surface area contributed by atoms with E-state index in [0.717, 1.165) is 77.2 Å². The summed E-state index contributed by atoms with van der Waals surface area (Å²) in [4.78, 5) is 0. The molecular formula is C54H38N4. The smallest absolute Gasteiger partial charge is 0.104 e. The zero-order valence-electron chi connectivity index (χ0n) is 32.8. The zero-order chi connectivity index (χ0) is 39.7. The van der Waals surface area contributed by atoms with Crippen LogP contribution in [-0.2, 0) is 0 Å². The Morgan fingerprint density at radius 2 is 0.914 bits per heavy atom. The Morgan fingerprint density at radius 1 is 0.397 bits per heavy atom. The van der Waals surface area contributed by atoms with Crippen LogP contribution >= 0.6 is 0 Å². The maximum absolute atomic E-state index is 11.6. The average Bonchev–Trinajstić information content (AvgIpc) is 3.75. The highest BCUT2D eigenvalue weighted by Crippen LogP contribution is 2.43. The van der Waals surface area contributed by atoms with Gasteiger partial charge in [-0.3, -0.25) is 0 Å². The molecule has 0 saturated carbocycles. The number of aromatic nitrogens is 2. The molecule has 0 fully saturated rings. The second-order valence-electron chi connectivity index (χ2n) is 15.5. The van der Waals surface area contributed by atoms with E-state index in [-0.39, 0.29) is 0 Å². The van der Waals surface area contributed by atoms with Crippen molar-refractivity contribution in [2.75, 3.05) is 0 Å². The summed E-state index contributed by atoms with van der Waals surface area (Å²) in [5.74, 6) is 0. The summed E-state index contributed by atoms with van der Waals surface area (Å²) in [5.41, 5.74) is 17.9. The molecule has 0 saturated heterocycles. The summed E-state index contributed by atoms with van der Waals surface area (Å²) in [5, 5.41) is 26.1. The van der Waals surface area contributed by atoms with Crippen LogP contribution in [0.2, 0.25) is 0 Å². The number of hydrogen-bond acceptors (Lipinski definition) is 2. The second-order valence-corrected chi connectivity index (χ2v) is 15.5. The fourth-order valence-corrected chi connectivity index (χ4v) is 9.15. The van der Waals surface area contributed by atoms with Crippen LogP contribution in [0.1, 0.15) is 33.4 Å². The van der Waals surface area contributed by atoms with Gasteiger partial charge < -0.3 is 9.13 Å². The largest absolute Gasteiger partial charge is 0.308 e.